The van der Waals surface area contributed by atoms with Crippen LogP contribution in [-0.2, 0) is 4.74 Å². The molecule has 2 N–H and O–H groups in total. The summed E-state index contributed by atoms with van der Waals surface area (Å²) in [5.41, 5.74) is 3.02. The normalized spacial score (nSPS) is 35.2. The average Bonchev–Trinajstić information content (AvgIpc) is 3.56. The zero-order chi connectivity index (χ0) is 30.6. The lowest BCUT2D eigenvalue weighted by atomic mass is 9.54. The molecule has 3 aromatic rings. The highest BCUT2D eigenvalue weighted by atomic mass is 16.5. The van der Waals surface area contributed by atoms with E-state index in [4.69, 9.17) is 9.72 Å². The van der Waals surface area contributed by atoms with Gasteiger partial charge in [-0.05, 0) is 114 Å². The van der Waals surface area contributed by atoms with Crippen molar-refractivity contribution in [1.29, 1.82) is 0 Å². The Labute approximate surface area is 266 Å². The molecule has 0 saturated carbocycles. The molecule has 6 atom stereocenters. The number of esters is 1. The minimum Gasteiger partial charge on any atom is -0.464 e. The molecule has 1 aromatic carbocycles. The van der Waals surface area contributed by atoms with Crippen molar-refractivity contribution in [3.63, 3.8) is 0 Å². The van der Waals surface area contributed by atoms with Gasteiger partial charge in [-0.2, -0.15) is 0 Å². The lowest BCUT2D eigenvalue weighted by Crippen LogP contribution is -2.65. The summed E-state index contributed by atoms with van der Waals surface area (Å²) in [5.74, 6) is -0.215. The lowest BCUT2D eigenvalue weighted by molar-refractivity contribution is -0.0894. The Morgan fingerprint density at radius 3 is 2.73 bits per heavy atom. The van der Waals surface area contributed by atoms with Gasteiger partial charge in [0.25, 0.3) is 0 Å². The number of aromatic amines is 1. The van der Waals surface area contributed by atoms with Crippen molar-refractivity contribution in [2.45, 2.75) is 81.9 Å². The minimum atomic E-state index is -1.03. The molecule has 2 saturated heterocycles. The second kappa shape index (κ2) is 11.5. The highest BCUT2D eigenvalue weighted by Gasteiger charge is 2.65. The standard InChI is InChI=1S/C38H46N4O3/c1-45-35(43)32-22-28-27-15-9-10-16-31(27)39-33(28)34(40-32)29-24-38(44)18-11-5-2-3-6-12-19-41-21-17-30(29)37(25-41)23-26-14-8-4-7-13-20-42(26)36(37)38/h2,5,8-10,14-16,22,24,26,30,36,39,44H,3-4,6-7,11-13,17-21,23,25H2,1H3/b5-2-,14-8-/t26-,30-,36+,37-,38-/m0/s1. The molecule has 8 rings (SSSR count). The van der Waals surface area contributed by atoms with Gasteiger partial charge < -0.3 is 19.7 Å². The van der Waals surface area contributed by atoms with Crippen LogP contribution < -0.4 is 0 Å². The zero-order valence-electron chi connectivity index (χ0n) is 26.5. The second-order valence-corrected chi connectivity index (χ2v) is 14.2. The quantitative estimate of drug-likeness (QED) is 0.251. The molecular formula is C38H46N4O3. The third-order valence-corrected chi connectivity index (χ3v) is 11.6. The summed E-state index contributed by atoms with van der Waals surface area (Å²) in [6.07, 6.45) is 22.3. The number of pyridine rings is 1. The third-order valence-electron chi connectivity index (χ3n) is 11.6. The fraction of sp³-hybridized carbons (Fsp3) is 0.526. The molecule has 7 heteroatoms. The number of fused-ring (bicyclic) bond motifs is 5. The number of nitrogens with zero attached hydrogens (tertiary/aromatic N) is 3. The third kappa shape index (κ3) is 4.81. The molecular weight excluding hydrogens is 560 g/mol. The van der Waals surface area contributed by atoms with Crippen molar-refractivity contribution in [2.75, 3.05) is 33.3 Å². The van der Waals surface area contributed by atoms with E-state index >= 15 is 0 Å². The molecule has 2 aromatic heterocycles. The Morgan fingerprint density at radius 2 is 1.84 bits per heavy atom. The van der Waals surface area contributed by atoms with Crippen LogP contribution in [0.25, 0.3) is 27.4 Å². The Morgan fingerprint density at radius 1 is 1.02 bits per heavy atom. The van der Waals surface area contributed by atoms with Crippen molar-refractivity contribution in [1.82, 2.24) is 19.8 Å². The summed E-state index contributed by atoms with van der Waals surface area (Å²) in [7, 11) is 1.42. The topological polar surface area (TPSA) is 81.7 Å². The largest absolute Gasteiger partial charge is 0.464 e. The predicted octanol–water partition coefficient (Wildman–Crippen LogP) is 6.64. The first kappa shape index (κ1) is 29.2. The maximum absolute atomic E-state index is 13.2. The summed E-state index contributed by atoms with van der Waals surface area (Å²) in [6.45, 7) is 4.16. The molecule has 4 aliphatic heterocycles. The van der Waals surface area contributed by atoms with Crippen molar-refractivity contribution in [3.8, 4) is 0 Å². The van der Waals surface area contributed by atoms with E-state index in [1.165, 1.54) is 26.4 Å². The summed E-state index contributed by atoms with van der Waals surface area (Å²) in [4.78, 5) is 27.3. The van der Waals surface area contributed by atoms with Crippen LogP contribution in [0, 0.1) is 11.3 Å². The van der Waals surface area contributed by atoms with Crippen LogP contribution in [0.2, 0.25) is 0 Å². The number of allylic oxidation sites excluding steroid dienone is 4. The Hall–Kier alpha value is -3.26. The van der Waals surface area contributed by atoms with Crippen LogP contribution in [0.4, 0.5) is 0 Å². The number of hydrogen-bond donors (Lipinski definition) is 2. The number of para-hydroxylation sites is 1. The summed E-state index contributed by atoms with van der Waals surface area (Å²) < 4.78 is 5.22. The van der Waals surface area contributed by atoms with Crippen LogP contribution in [0.3, 0.4) is 0 Å². The first-order valence-electron chi connectivity index (χ1n) is 17.3. The molecule has 5 aliphatic rings. The predicted molar refractivity (Wildman–Crippen MR) is 179 cm³/mol. The number of aliphatic hydroxyl groups is 1. The number of carbonyl (C=O) groups is 1. The van der Waals surface area contributed by atoms with Crippen molar-refractivity contribution >= 4 is 33.3 Å². The summed E-state index contributed by atoms with van der Waals surface area (Å²) in [5, 5.41) is 15.2. The van der Waals surface area contributed by atoms with Crippen LogP contribution in [0.1, 0.15) is 80.4 Å². The Kier molecular flexibility index (Phi) is 7.46. The van der Waals surface area contributed by atoms with Crippen LogP contribution >= 0.6 is 0 Å². The van der Waals surface area contributed by atoms with Crippen LogP contribution in [0.15, 0.2) is 60.7 Å². The number of methoxy groups -OCH3 is 1. The number of nitrogens with one attached hydrogen (secondary N) is 1. The molecule has 1 aliphatic carbocycles. The second-order valence-electron chi connectivity index (χ2n) is 14.2. The van der Waals surface area contributed by atoms with Crippen molar-refractivity contribution < 1.29 is 14.6 Å². The summed E-state index contributed by atoms with van der Waals surface area (Å²) >= 11 is 0. The van der Waals surface area contributed by atoms with Gasteiger partial charge in [-0.1, -0.05) is 42.5 Å². The van der Waals surface area contributed by atoms with E-state index in [0.717, 1.165) is 97.8 Å². The van der Waals surface area contributed by atoms with Gasteiger partial charge in [0, 0.05) is 34.3 Å². The molecule has 7 nitrogen and oxygen atoms in total. The lowest BCUT2D eigenvalue weighted by Gasteiger charge is -2.58. The van der Waals surface area contributed by atoms with E-state index in [1.807, 2.05) is 18.2 Å². The van der Waals surface area contributed by atoms with Gasteiger partial charge in [0.2, 0.25) is 0 Å². The molecule has 236 valence electrons. The number of piperidine rings is 1. The average molecular weight is 607 g/mol. The van der Waals surface area contributed by atoms with E-state index < -0.39 is 11.6 Å². The van der Waals surface area contributed by atoms with Gasteiger partial charge in [-0.25, -0.2) is 9.78 Å². The van der Waals surface area contributed by atoms with E-state index in [9.17, 15) is 9.90 Å². The van der Waals surface area contributed by atoms with E-state index in [-0.39, 0.29) is 17.4 Å². The maximum Gasteiger partial charge on any atom is 0.356 e. The maximum atomic E-state index is 13.2. The van der Waals surface area contributed by atoms with Gasteiger partial charge in [-0.15, -0.1) is 0 Å². The number of hydrogen-bond acceptors (Lipinski definition) is 6. The van der Waals surface area contributed by atoms with E-state index in [1.54, 1.807) is 0 Å². The molecule has 3 bridgehead atoms. The van der Waals surface area contributed by atoms with Crippen LogP contribution in [0.5, 0.6) is 0 Å². The van der Waals surface area contributed by atoms with E-state index in [0.29, 0.717) is 18.2 Å². The highest BCUT2D eigenvalue weighted by molar-refractivity contribution is 6.11. The summed E-state index contributed by atoms with van der Waals surface area (Å²) in [6, 6.07) is 10.5. The molecule has 0 amide bonds. The van der Waals surface area contributed by atoms with Crippen molar-refractivity contribution in [3.05, 3.63) is 72.1 Å². The van der Waals surface area contributed by atoms with E-state index in [2.05, 4.69) is 57.3 Å². The van der Waals surface area contributed by atoms with Gasteiger partial charge >= 0.3 is 5.97 Å². The zero-order valence-corrected chi connectivity index (χ0v) is 26.5. The fourth-order valence-electron chi connectivity index (χ4n) is 9.86. The number of rotatable bonds is 2. The van der Waals surface area contributed by atoms with Gasteiger partial charge in [0.15, 0.2) is 0 Å². The Balaban J connectivity index is 1.38. The molecule has 6 heterocycles. The monoisotopic (exact) mass is 606 g/mol. The highest BCUT2D eigenvalue weighted by Crippen LogP contribution is 2.61. The van der Waals surface area contributed by atoms with Crippen LogP contribution in [-0.4, -0.2) is 81.8 Å². The SMILES string of the molecule is COC(=O)c1cc2c([nH]c3ccccc32)c(C2=C[C@@]3(O)CC/C=C\CCCCN4CC[C@@H]2[C@]2(C[C@@H]5/C=C\CCCCN5[C@H]23)C4)n1. The molecule has 0 radical (unpaired) electrons. The first-order chi connectivity index (χ1) is 22.0. The van der Waals surface area contributed by atoms with Gasteiger partial charge in [0.1, 0.15) is 5.69 Å². The molecule has 2 fully saturated rings. The number of carbonyl (C=O) groups excluding carboxylic acids is 1. The van der Waals surface area contributed by atoms with Gasteiger partial charge in [0.05, 0.1) is 30.0 Å². The van der Waals surface area contributed by atoms with Gasteiger partial charge in [-0.3, -0.25) is 4.90 Å². The molecule has 1 spiro atoms. The number of benzene rings is 1. The first-order valence-corrected chi connectivity index (χ1v) is 17.3. The fourth-order valence-corrected chi connectivity index (χ4v) is 9.86. The molecule has 1 unspecified atom stereocenters. The molecule has 45 heavy (non-hydrogen) atoms. The number of H-pyrrole nitrogens is 1. The number of ether oxygens (including phenoxy) is 1. The van der Waals surface area contributed by atoms with Crippen molar-refractivity contribution in [2.24, 2.45) is 11.3 Å². The Bertz CT molecular complexity index is 1710. The number of aromatic nitrogens is 2. The smallest absolute Gasteiger partial charge is 0.356 e. The minimum absolute atomic E-state index is 0.0328.